The van der Waals surface area contributed by atoms with Gasteiger partial charge in [-0.05, 0) is 18.2 Å². The number of carbonyl (C=O) groups is 1. The molecule has 3 aromatic rings. The minimum Gasteiger partial charge on any atom is -0.375 e. The van der Waals surface area contributed by atoms with Crippen molar-refractivity contribution in [2.24, 2.45) is 0 Å². The van der Waals surface area contributed by atoms with Crippen molar-refractivity contribution >= 4 is 28.1 Å². The van der Waals surface area contributed by atoms with Gasteiger partial charge in [-0.1, -0.05) is 47.7 Å². The van der Waals surface area contributed by atoms with Crippen molar-refractivity contribution in [2.75, 3.05) is 11.1 Å². The second kappa shape index (κ2) is 5.95. The molecule has 0 aliphatic carbocycles. The van der Waals surface area contributed by atoms with Crippen LogP contribution in [0.5, 0.6) is 0 Å². The van der Waals surface area contributed by atoms with Gasteiger partial charge in [-0.3, -0.25) is 4.79 Å². The topological polar surface area (TPSA) is 68.0 Å². The molecule has 0 unspecified atom stereocenters. The van der Waals surface area contributed by atoms with Gasteiger partial charge < -0.3 is 11.1 Å². The number of benzene rings is 2. The van der Waals surface area contributed by atoms with E-state index in [0.29, 0.717) is 21.4 Å². The second-order valence-electron chi connectivity index (χ2n) is 4.56. The van der Waals surface area contributed by atoms with E-state index in [1.54, 1.807) is 6.07 Å². The number of rotatable bonds is 3. The average Bonchev–Trinajstić information content (AvgIpc) is 2.90. The molecular weight excluding hydrogens is 301 g/mol. The van der Waals surface area contributed by atoms with Gasteiger partial charge in [0.05, 0.1) is 5.69 Å². The number of anilines is 2. The predicted octanol–water partition coefficient (Wildman–Crippen LogP) is 3.78. The van der Waals surface area contributed by atoms with E-state index in [9.17, 15) is 9.18 Å². The smallest absolute Gasteiger partial charge is 0.268 e. The Morgan fingerprint density at radius 2 is 1.91 bits per heavy atom. The van der Waals surface area contributed by atoms with Gasteiger partial charge >= 0.3 is 0 Å². The van der Waals surface area contributed by atoms with Crippen molar-refractivity contribution in [1.82, 2.24) is 4.98 Å². The molecule has 0 bridgehead atoms. The monoisotopic (exact) mass is 313 g/mol. The molecule has 1 aromatic heterocycles. The van der Waals surface area contributed by atoms with Crippen molar-refractivity contribution in [2.45, 2.75) is 0 Å². The summed E-state index contributed by atoms with van der Waals surface area (Å²) in [5.41, 5.74) is 7.46. The van der Waals surface area contributed by atoms with Crippen LogP contribution in [0.15, 0.2) is 54.6 Å². The van der Waals surface area contributed by atoms with Crippen LogP contribution < -0.4 is 11.1 Å². The first kappa shape index (κ1) is 14.2. The first-order valence-corrected chi connectivity index (χ1v) is 7.34. The van der Waals surface area contributed by atoms with Crippen LogP contribution in [0.25, 0.3) is 11.3 Å². The zero-order valence-electron chi connectivity index (χ0n) is 11.4. The number of nitrogens with zero attached hydrogens (tertiary/aromatic N) is 1. The van der Waals surface area contributed by atoms with Crippen LogP contribution in [0.4, 0.5) is 15.2 Å². The molecule has 2 aromatic carbocycles. The zero-order chi connectivity index (χ0) is 15.5. The van der Waals surface area contributed by atoms with Gasteiger partial charge in [0.2, 0.25) is 0 Å². The van der Waals surface area contributed by atoms with Crippen molar-refractivity contribution in [1.29, 1.82) is 0 Å². The summed E-state index contributed by atoms with van der Waals surface area (Å²) in [6.07, 6.45) is 0. The first-order valence-electron chi connectivity index (χ1n) is 6.52. The zero-order valence-corrected chi connectivity index (χ0v) is 12.2. The predicted molar refractivity (Wildman–Crippen MR) is 86.3 cm³/mol. The van der Waals surface area contributed by atoms with Crippen molar-refractivity contribution in [3.8, 4) is 11.3 Å². The van der Waals surface area contributed by atoms with E-state index in [2.05, 4.69) is 10.3 Å². The van der Waals surface area contributed by atoms with E-state index in [0.717, 1.165) is 16.9 Å². The maximum Gasteiger partial charge on any atom is 0.268 e. The highest BCUT2D eigenvalue weighted by Crippen LogP contribution is 2.30. The molecule has 110 valence electrons. The van der Waals surface area contributed by atoms with Gasteiger partial charge in [0, 0.05) is 11.3 Å². The fraction of sp³-hybridized carbons (Fsp3) is 0. The quantitative estimate of drug-likeness (QED) is 0.773. The molecule has 3 rings (SSSR count). The third-order valence-corrected chi connectivity index (χ3v) is 3.86. The Morgan fingerprint density at radius 1 is 1.14 bits per heavy atom. The van der Waals surface area contributed by atoms with Gasteiger partial charge in [-0.15, -0.1) is 0 Å². The Bertz CT molecular complexity index is 817. The minimum atomic E-state index is -0.412. The number of halogens is 1. The van der Waals surface area contributed by atoms with Gasteiger partial charge in [-0.25, -0.2) is 9.37 Å². The summed E-state index contributed by atoms with van der Waals surface area (Å²) in [5.74, 6) is -0.774. The molecule has 0 atom stereocenters. The fourth-order valence-corrected chi connectivity index (χ4v) is 2.79. The molecule has 0 aliphatic heterocycles. The fourth-order valence-electron chi connectivity index (χ4n) is 2.04. The maximum absolute atomic E-state index is 13.2. The molecule has 3 N–H and O–H groups in total. The number of hydrogen-bond donors (Lipinski definition) is 2. The number of thiazole rings is 1. The molecule has 1 amide bonds. The highest BCUT2D eigenvalue weighted by molar-refractivity contribution is 7.17. The van der Waals surface area contributed by atoms with Crippen LogP contribution in [0.1, 0.15) is 9.67 Å². The summed E-state index contributed by atoms with van der Waals surface area (Å²) < 4.78 is 13.2. The van der Waals surface area contributed by atoms with E-state index >= 15 is 0 Å². The van der Waals surface area contributed by atoms with Crippen LogP contribution in [0, 0.1) is 5.82 Å². The summed E-state index contributed by atoms with van der Waals surface area (Å²) in [6, 6.07) is 15.0. The molecule has 22 heavy (non-hydrogen) atoms. The third-order valence-electron chi connectivity index (χ3n) is 2.98. The number of nitrogens with one attached hydrogen (secondary N) is 1. The van der Waals surface area contributed by atoms with E-state index in [1.165, 1.54) is 18.2 Å². The van der Waals surface area contributed by atoms with Crippen molar-refractivity contribution in [3.05, 3.63) is 65.3 Å². The Kier molecular flexibility index (Phi) is 3.84. The molecular formula is C16H12FN3OS. The Balaban J connectivity index is 1.93. The molecule has 0 radical (unpaired) electrons. The molecule has 0 spiro atoms. The minimum absolute atomic E-state index is 0.309. The lowest BCUT2D eigenvalue weighted by atomic mass is 10.1. The lowest BCUT2D eigenvalue weighted by Gasteiger charge is -2.05. The highest BCUT2D eigenvalue weighted by atomic mass is 32.1. The summed E-state index contributed by atoms with van der Waals surface area (Å²) in [4.78, 5) is 17.0. The van der Waals surface area contributed by atoms with E-state index < -0.39 is 5.82 Å². The first-order chi connectivity index (χ1) is 10.6. The SMILES string of the molecule is Nc1nc(-c2ccccc2)c(C(=O)Nc2cccc(F)c2)s1. The number of amides is 1. The van der Waals surface area contributed by atoms with Gasteiger partial charge in [0.25, 0.3) is 5.91 Å². The second-order valence-corrected chi connectivity index (χ2v) is 5.59. The van der Waals surface area contributed by atoms with Crippen molar-refractivity contribution < 1.29 is 9.18 Å². The van der Waals surface area contributed by atoms with Crippen LogP contribution >= 0.6 is 11.3 Å². The summed E-state index contributed by atoms with van der Waals surface area (Å²) in [6.45, 7) is 0. The lowest BCUT2D eigenvalue weighted by Crippen LogP contribution is -2.11. The molecule has 0 saturated carbocycles. The van der Waals surface area contributed by atoms with Crippen LogP contribution in [0.2, 0.25) is 0 Å². The molecule has 4 nitrogen and oxygen atoms in total. The summed E-state index contributed by atoms with van der Waals surface area (Å²) in [5, 5.41) is 2.97. The molecule has 1 heterocycles. The molecule has 6 heteroatoms. The number of carbonyl (C=O) groups excluding carboxylic acids is 1. The standard InChI is InChI=1S/C16H12FN3OS/c17-11-7-4-8-12(9-11)19-15(21)14-13(20-16(18)22-14)10-5-2-1-3-6-10/h1-9H,(H2,18,20)(H,19,21). The number of aromatic nitrogens is 1. The van der Waals surface area contributed by atoms with Crippen LogP contribution in [-0.2, 0) is 0 Å². The van der Waals surface area contributed by atoms with E-state index in [4.69, 9.17) is 5.73 Å². The molecule has 0 fully saturated rings. The number of nitrogens with two attached hydrogens (primary N) is 1. The Morgan fingerprint density at radius 3 is 2.64 bits per heavy atom. The molecule has 0 saturated heterocycles. The van der Waals surface area contributed by atoms with Crippen LogP contribution in [0.3, 0.4) is 0 Å². The Labute approximate surface area is 130 Å². The molecule has 0 aliphatic rings. The lowest BCUT2D eigenvalue weighted by molar-refractivity contribution is 0.103. The average molecular weight is 313 g/mol. The number of nitrogen functional groups attached to an aromatic ring is 1. The van der Waals surface area contributed by atoms with Gasteiger partial charge in [-0.2, -0.15) is 0 Å². The summed E-state index contributed by atoms with van der Waals surface area (Å²) >= 11 is 1.10. The normalized spacial score (nSPS) is 10.4. The maximum atomic E-state index is 13.2. The van der Waals surface area contributed by atoms with Gasteiger partial charge in [0.1, 0.15) is 10.7 Å². The van der Waals surface area contributed by atoms with Crippen molar-refractivity contribution in [3.63, 3.8) is 0 Å². The summed E-state index contributed by atoms with van der Waals surface area (Å²) in [7, 11) is 0. The third kappa shape index (κ3) is 2.96. The number of hydrogen-bond acceptors (Lipinski definition) is 4. The highest BCUT2D eigenvalue weighted by Gasteiger charge is 2.18. The largest absolute Gasteiger partial charge is 0.375 e. The van der Waals surface area contributed by atoms with Gasteiger partial charge in [0.15, 0.2) is 5.13 Å². The van der Waals surface area contributed by atoms with E-state index in [1.807, 2.05) is 30.3 Å². The van der Waals surface area contributed by atoms with Crippen LogP contribution in [-0.4, -0.2) is 10.9 Å². The van der Waals surface area contributed by atoms with E-state index in [-0.39, 0.29) is 5.91 Å². The Hall–Kier alpha value is -2.73.